The lowest BCUT2D eigenvalue weighted by molar-refractivity contribution is 0.263. The Labute approximate surface area is 124 Å². The van der Waals surface area contributed by atoms with Crippen LogP contribution in [0.1, 0.15) is 29.6 Å². The fourth-order valence-corrected chi connectivity index (χ4v) is 2.12. The van der Waals surface area contributed by atoms with Crippen LogP contribution in [0.2, 0.25) is 5.02 Å². The van der Waals surface area contributed by atoms with Crippen LogP contribution in [0.15, 0.2) is 28.7 Å². The molecule has 20 heavy (non-hydrogen) atoms. The van der Waals surface area contributed by atoms with Crippen molar-refractivity contribution in [2.24, 2.45) is 0 Å². The molecule has 0 aliphatic carbocycles. The van der Waals surface area contributed by atoms with Crippen molar-refractivity contribution in [3.63, 3.8) is 0 Å². The Bertz CT molecular complexity index is 578. The molecule has 4 heteroatoms. The summed E-state index contributed by atoms with van der Waals surface area (Å²) in [6.07, 6.45) is 0. The van der Waals surface area contributed by atoms with Crippen LogP contribution in [0.25, 0.3) is 0 Å². The second-order valence-electron chi connectivity index (χ2n) is 4.80. The lowest BCUT2D eigenvalue weighted by atomic mass is 10.2. The van der Waals surface area contributed by atoms with Gasteiger partial charge in [0.25, 0.3) is 0 Å². The SMILES string of the molecule is CCNCc1oc(COc2cc(Cl)ccc2C)cc1C. The van der Waals surface area contributed by atoms with Gasteiger partial charge < -0.3 is 14.5 Å². The van der Waals surface area contributed by atoms with Gasteiger partial charge in [-0.1, -0.05) is 24.6 Å². The molecule has 0 atom stereocenters. The molecule has 1 heterocycles. The number of nitrogens with one attached hydrogen (secondary N) is 1. The average molecular weight is 294 g/mol. The number of hydrogen-bond donors (Lipinski definition) is 1. The molecular formula is C16H20ClNO2. The summed E-state index contributed by atoms with van der Waals surface area (Å²) in [5.74, 6) is 2.59. The van der Waals surface area contributed by atoms with Crippen molar-refractivity contribution >= 4 is 11.6 Å². The zero-order valence-corrected chi connectivity index (χ0v) is 12.9. The van der Waals surface area contributed by atoms with E-state index in [1.807, 2.05) is 38.1 Å². The van der Waals surface area contributed by atoms with Crippen LogP contribution in [-0.4, -0.2) is 6.54 Å². The Morgan fingerprint density at radius 2 is 2.00 bits per heavy atom. The zero-order valence-electron chi connectivity index (χ0n) is 12.1. The molecule has 1 aromatic heterocycles. The molecular weight excluding hydrogens is 274 g/mol. The van der Waals surface area contributed by atoms with Crippen molar-refractivity contribution in [1.29, 1.82) is 0 Å². The van der Waals surface area contributed by atoms with E-state index in [-0.39, 0.29) is 0 Å². The van der Waals surface area contributed by atoms with E-state index in [1.54, 1.807) is 0 Å². The highest BCUT2D eigenvalue weighted by Crippen LogP contribution is 2.24. The molecule has 2 aromatic rings. The maximum Gasteiger partial charge on any atom is 0.146 e. The second kappa shape index (κ2) is 6.82. The fourth-order valence-electron chi connectivity index (χ4n) is 1.95. The summed E-state index contributed by atoms with van der Waals surface area (Å²) in [6, 6.07) is 7.65. The van der Waals surface area contributed by atoms with Gasteiger partial charge in [0.05, 0.1) is 6.54 Å². The molecule has 0 unspecified atom stereocenters. The highest BCUT2D eigenvalue weighted by atomic mass is 35.5. The van der Waals surface area contributed by atoms with E-state index in [1.165, 1.54) is 0 Å². The molecule has 0 bridgehead atoms. The maximum atomic E-state index is 5.97. The van der Waals surface area contributed by atoms with Crippen LogP contribution in [0, 0.1) is 13.8 Å². The highest BCUT2D eigenvalue weighted by Gasteiger charge is 2.08. The molecule has 108 valence electrons. The average Bonchev–Trinajstić information content (AvgIpc) is 2.78. The van der Waals surface area contributed by atoms with Crippen molar-refractivity contribution in [3.05, 3.63) is 51.9 Å². The molecule has 0 saturated heterocycles. The van der Waals surface area contributed by atoms with E-state index in [2.05, 4.69) is 12.2 Å². The third kappa shape index (κ3) is 3.78. The van der Waals surface area contributed by atoms with Gasteiger partial charge in [0.1, 0.15) is 23.9 Å². The van der Waals surface area contributed by atoms with Crippen molar-refractivity contribution in [2.75, 3.05) is 6.54 Å². The van der Waals surface area contributed by atoms with Gasteiger partial charge in [0.15, 0.2) is 0 Å². The first-order valence-electron chi connectivity index (χ1n) is 6.78. The molecule has 1 N–H and O–H groups in total. The van der Waals surface area contributed by atoms with Crippen LogP contribution in [0.3, 0.4) is 0 Å². The molecule has 2 rings (SSSR count). The van der Waals surface area contributed by atoms with Gasteiger partial charge in [-0.05, 0) is 49.7 Å². The number of rotatable bonds is 6. The Kier molecular flexibility index (Phi) is 5.10. The normalized spacial score (nSPS) is 10.8. The van der Waals surface area contributed by atoms with Gasteiger partial charge in [-0.25, -0.2) is 0 Å². The number of benzene rings is 1. The Hall–Kier alpha value is -1.45. The van der Waals surface area contributed by atoms with Gasteiger partial charge >= 0.3 is 0 Å². The van der Waals surface area contributed by atoms with Gasteiger partial charge in [-0.15, -0.1) is 0 Å². The summed E-state index contributed by atoms with van der Waals surface area (Å²) in [7, 11) is 0. The maximum absolute atomic E-state index is 5.97. The smallest absolute Gasteiger partial charge is 0.146 e. The number of furan rings is 1. The van der Waals surface area contributed by atoms with Crippen molar-refractivity contribution in [3.8, 4) is 5.75 Å². The first-order valence-corrected chi connectivity index (χ1v) is 7.15. The predicted octanol–water partition coefficient (Wildman–Crippen LogP) is 4.24. The molecule has 0 fully saturated rings. The van der Waals surface area contributed by atoms with E-state index in [0.29, 0.717) is 11.6 Å². The standard InChI is InChI=1S/C16H20ClNO2/c1-4-18-9-16-12(3)7-14(20-16)10-19-15-8-13(17)6-5-11(15)2/h5-8,18H,4,9-10H2,1-3H3. The molecule has 0 aliphatic heterocycles. The Morgan fingerprint density at radius 3 is 2.75 bits per heavy atom. The van der Waals surface area contributed by atoms with Gasteiger partial charge in [0, 0.05) is 5.02 Å². The molecule has 0 radical (unpaired) electrons. The largest absolute Gasteiger partial charge is 0.485 e. The van der Waals surface area contributed by atoms with Crippen LogP contribution in [0.5, 0.6) is 5.75 Å². The van der Waals surface area contributed by atoms with Crippen LogP contribution >= 0.6 is 11.6 Å². The minimum atomic E-state index is 0.411. The number of halogens is 1. The van der Waals surface area contributed by atoms with Gasteiger partial charge in [-0.2, -0.15) is 0 Å². The predicted molar refractivity (Wildman–Crippen MR) is 81.3 cm³/mol. The van der Waals surface area contributed by atoms with E-state index < -0.39 is 0 Å². The van der Waals surface area contributed by atoms with Crippen molar-refractivity contribution in [2.45, 2.75) is 33.9 Å². The highest BCUT2D eigenvalue weighted by molar-refractivity contribution is 6.30. The quantitative estimate of drug-likeness (QED) is 0.865. The molecule has 0 amide bonds. The lowest BCUT2D eigenvalue weighted by Gasteiger charge is -2.07. The summed E-state index contributed by atoms with van der Waals surface area (Å²) >= 11 is 5.97. The summed E-state index contributed by atoms with van der Waals surface area (Å²) < 4.78 is 11.6. The molecule has 3 nitrogen and oxygen atoms in total. The summed E-state index contributed by atoms with van der Waals surface area (Å²) in [4.78, 5) is 0. The van der Waals surface area contributed by atoms with E-state index >= 15 is 0 Å². The summed E-state index contributed by atoms with van der Waals surface area (Å²) in [5, 5.41) is 3.93. The van der Waals surface area contributed by atoms with Crippen LogP contribution < -0.4 is 10.1 Å². The monoisotopic (exact) mass is 293 g/mol. The Morgan fingerprint density at radius 1 is 1.20 bits per heavy atom. The van der Waals surface area contributed by atoms with E-state index in [0.717, 1.165) is 41.5 Å². The first-order chi connectivity index (χ1) is 9.60. The molecule has 0 aliphatic rings. The summed E-state index contributed by atoms with van der Waals surface area (Å²) in [6.45, 7) is 8.20. The van der Waals surface area contributed by atoms with E-state index in [9.17, 15) is 0 Å². The van der Waals surface area contributed by atoms with Crippen LogP contribution in [-0.2, 0) is 13.2 Å². The van der Waals surface area contributed by atoms with Crippen LogP contribution in [0.4, 0.5) is 0 Å². The Balaban J connectivity index is 2.02. The minimum absolute atomic E-state index is 0.411. The number of hydrogen-bond acceptors (Lipinski definition) is 3. The van der Waals surface area contributed by atoms with Crippen molar-refractivity contribution in [1.82, 2.24) is 5.32 Å². The van der Waals surface area contributed by atoms with Gasteiger partial charge in [-0.3, -0.25) is 0 Å². The number of aryl methyl sites for hydroxylation is 2. The lowest BCUT2D eigenvalue weighted by Crippen LogP contribution is -2.11. The molecule has 1 aromatic carbocycles. The molecule has 0 saturated carbocycles. The van der Waals surface area contributed by atoms with E-state index in [4.69, 9.17) is 20.8 Å². The fraction of sp³-hybridized carbons (Fsp3) is 0.375. The molecule has 0 spiro atoms. The van der Waals surface area contributed by atoms with Gasteiger partial charge in [0.2, 0.25) is 0 Å². The third-order valence-electron chi connectivity index (χ3n) is 3.13. The topological polar surface area (TPSA) is 34.4 Å². The third-order valence-corrected chi connectivity index (χ3v) is 3.36. The van der Waals surface area contributed by atoms with Crippen molar-refractivity contribution < 1.29 is 9.15 Å². The second-order valence-corrected chi connectivity index (χ2v) is 5.23. The summed E-state index contributed by atoms with van der Waals surface area (Å²) in [5.41, 5.74) is 2.21. The first kappa shape index (κ1) is 14.9. The zero-order chi connectivity index (χ0) is 14.5. The minimum Gasteiger partial charge on any atom is -0.485 e. The number of ether oxygens (including phenoxy) is 1.